The van der Waals surface area contributed by atoms with E-state index in [-0.39, 0.29) is 30.3 Å². The molecule has 0 bridgehead atoms. The number of aromatic nitrogens is 1. The third kappa shape index (κ3) is 4.23. The van der Waals surface area contributed by atoms with E-state index in [2.05, 4.69) is 24.5 Å². The fraction of sp³-hybridized carbons (Fsp3) is 0.560. The molecule has 1 aliphatic heterocycles. The lowest BCUT2D eigenvalue weighted by atomic mass is 9.93. The summed E-state index contributed by atoms with van der Waals surface area (Å²) in [6.45, 7) is 7.97. The lowest BCUT2D eigenvalue weighted by Crippen LogP contribution is -2.65. The van der Waals surface area contributed by atoms with Gasteiger partial charge in [-0.3, -0.25) is 14.4 Å². The zero-order chi connectivity index (χ0) is 23.9. The number of fused-ring (bicyclic) bond motifs is 3. The number of hydrogen-bond donors (Lipinski definition) is 2. The summed E-state index contributed by atoms with van der Waals surface area (Å²) in [5.74, 6) is -0.948. The van der Waals surface area contributed by atoms with Crippen molar-refractivity contribution >= 4 is 34.3 Å². The van der Waals surface area contributed by atoms with Crippen molar-refractivity contribution in [3.05, 3.63) is 29.7 Å². The van der Waals surface area contributed by atoms with Gasteiger partial charge in [-0.1, -0.05) is 26.7 Å². The molecule has 0 saturated heterocycles. The van der Waals surface area contributed by atoms with Gasteiger partial charge in [0.15, 0.2) is 0 Å². The Balaban J connectivity index is 1.84. The molecule has 33 heavy (non-hydrogen) atoms. The maximum Gasteiger partial charge on any atom is 0.273 e. The van der Waals surface area contributed by atoms with E-state index in [4.69, 9.17) is 0 Å². The summed E-state index contributed by atoms with van der Waals surface area (Å²) in [6, 6.07) is 4.39. The van der Waals surface area contributed by atoms with Crippen LogP contribution in [-0.4, -0.2) is 45.3 Å². The van der Waals surface area contributed by atoms with Crippen molar-refractivity contribution < 1.29 is 18.8 Å². The number of amides is 3. The molecule has 8 heteroatoms. The van der Waals surface area contributed by atoms with Gasteiger partial charge in [-0.15, -0.1) is 0 Å². The van der Waals surface area contributed by atoms with Crippen LogP contribution in [0, 0.1) is 11.7 Å². The fourth-order valence-corrected chi connectivity index (χ4v) is 5.10. The third-order valence-corrected chi connectivity index (χ3v) is 6.95. The molecule has 0 radical (unpaired) electrons. The molecular formula is C25H33FN4O3. The van der Waals surface area contributed by atoms with E-state index in [1.807, 2.05) is 6.92 Å². The minimum Gasteiger partial charge on any atom is -0.351 e. The molecule has 1 aromatic carbocycles. The third-order valence-electron chi connectivity index (χ3n) is 6.95. The Morgan fingerprint density at radius 3 is 2.58 bits per heavy atom. The maximum absolute atomic E-state index is 14.1. The predicted octanol–water partition coefficient (Wildman–Crippen LogP) is 4.06. The fourth-order valence-electron chi connectivity index (χ4n) is 5.10. The normalized spacial score (nSPS) is 21.0. The van der Waals surface area contributed by atoms with Crippen molar-refractivity contribution in [3.8, 4) is 0 Å². The number of halogens is 1. The average molecular weight is 457 g/mol. The van der Waals surface area contributed by atoms with Gasteiger partial charge < -0.3 is 20.1 Å². The van der Waals surface area contributed by atoms with Gasteiger partial charge in [-0.05, 0) is 50.3 Å². The van der Waals surface area contributed by atoms with Gasteiger partial charge in [0.25, 0.3) is 5.91 Å². The van der Waals surface area contributed by atoms with Gasteiger partial charge in [0.2, 0.25) is 11.8 Å². The second-order valence-electron chi connectivity index (χ2n) is 10.0. The van der Waals surface area contributed by atoms with Crippen LogP contribution >= 0.6 is 0 Å². The number of anilines is 1. The van der Waals surface area contributed by atoms with Crippen LogP contribution in [0.1, 0.15) is 70.3 Å². The molecular weight excluding hydrogens is 423 g/mol. The molecule has 0 spiro atoms. The minimum atomic E-state index is -1.10. The molecule has 2 heterocycles. The zero-order valence-electron chi connectivity index (χ0n) is 19.8. The predicted molar refractivity (Wildman–Crippen MR) is 125 cm³/mol. The van der Waals surface area contributed by atoms with Crippen molar-refractivity contribution in [2.45, 2.75) is 77.9 Å². The number of hydrogen-bond acceptors (Lipinski definition) is 3. The van der Waals surface area contributed by atoms with Gasteiger partial charge in [0, 0.05) is 24.9 Å². The summed E-state index contributed by atoms with van der Waals surface area (Å²) in [5.41, 5.74) is 0.109. The minimum absolute atomic E-state index is 0.128. The number of nitrogens with zero attached hydrogens (tertiary/aromatic N) is 2. The largest absolute Gasteiger partial charge is 0.351 e. The highest BCUT2D eigenvalue weighted by Crippen LogP contribution is 2.39. The number of carbonyl (C=O) groups is 3. The molecule has 1 aromatic heterocycles. The second kappa shape index (κ2) is 8.80. The highest BCUT2D eigenvalue weighted by Gasteiger charge is 2.49. The van der Waals surface area contributed by atoms with Crippen LogP contribution in [-0.2, 0) is 16.1 Å². The number of nitrogens with one attached hydrogen (secondary N) is 2. The van der Waals surface area contributed by atoms with Gasteiger partial charge in [-0.2, -0.15) is 0 Å². The maximum atomic E-state index is 14.1. The van der Waals surface area contributed by atoms with E-state index in [1.165, 1.54) is 19.1 Å². The van der Waals surface area contributed by atoms with Crippen LogP contribution in [0.15, 0.2) is 18.2 Å². The van der Waals surface area contributed by atoms with Gasteiger partial charge in [-0.25, -0.2) is 4.39 Å². The molecule has 4 rings (SSSR count). The molecule has 7 nitrogen and oxygen atoms in total. The van der Waals surface area contributed by atoms with E-state index >= 15 is 0 Å². The average Bonchev–Trinajstić information content (AvgIpc) is 3.34. The molecule has 0 unspecified atom stereocenters. The van der Waals surface area contributed by atoms with E-state index in [1.54, 1.807) is 15.5 Å². The number of rotatable bonds is 6. The number of carbonyl (C=O) groups excluding carboxylic acids is 3. The van der Waals surface area contributed by atoms with Crippen molar-refractivity contribution in [1.29, 1.82) is 0 Å². The molecule has 1 atom stereocenters. The van der Waals surface area contributed by atoms with E-state index in [0.717, 1.165) is 32.1 Å². The van der Waals surface area contributed by atoms with Crippen LogP contribution in [0.25, 0.3) is 10.9 Å². The molecule has 3 amide bonds. The van der Waals surface area contributed by atoms with Crippen LogP contribution in [0.2, 0.25) is 0 Å². The first kappa shape index (κ1) is 23.3. The highest BCUT2D eigenvalue weighted by molar-refractivity contribution is 6.14. The van der Waals surface area contributed by atoms with Crippen molar-refractivity contribution in [2.24, 2.45) is 5.92 Å². The first-order valence-electron chi connectivity index (χ1n) is 11.8. The van der Waals surface area contributed by atoms with Crippen LogP contribution in [0.5, 0.6) is 0 Å². The summed E-state index contributed by atoms with van der Waals surface area (Å²) in [6.07, 6.45) is 4.82. The molecule has 2 N–H and O–H groups in total. The first-order valence-corrected chi connectivity index (χ1v) is 11.8. The Bertz CT molecular complexity index is 1100. The van der Waals surface area contributed by atoms with Crippen LogP contribution < -0.4 is 10.6 Å². The summed E-state index contributed by atoms with van der Waals surface area (Å²) in [7, 11) is 0. The highest BCUT2D eigenvalue weighted by atomic mass is 19.1. The molecule has 2 aliphatic rings. The lowest BCUT2D eigenvalue weighted by Gasteiger charge is -2.45. The quantitative estimate of drug-likeness (QED) is 0.688. The molecule has 1 aliphatic carbocycles. The van der Waals surface area contributed by atoms with Gasteiger partial charge in [0.05, 0.1) is 17.7 Å². The zero-order valence-corrected chi connectivity index (χ0v) is 19.8. The van der Waals surface area contributed by atoms with E-state index in [0.29, 0.717) is 34.7 Å². The lowest BCUT2D eigenvalue weighted by molar-refractivity contribution is -0.133. The standard InChI is InChI=1S/C25H33FN4O3/c1-15(2)11-12-30-23(32)22-21(27-16(3)31)19-13-17(26)9-10-20(19)29(22)14-25(30,4)24(33)28-18-7-5-6-8-18/h9-10,13,15,18H,5-8,11-12,14H2,1-4H3,(H,27,31)(H,28,33)/t25-/m0/s1. The first-order chi connectivity index (χ1) is 15.6. The van der Waals surface area contributed by atoms with Crippen LogP contribution in [0.4, 0.5) is 10.1 Å². The summed E-state index contributed by atoms with van der Waals surface area (Å²) >= 11 is 0. The van der Waals surface area contributed by atoms with Crippen molar-refractivity contribution in [1.82, 2.24) is 14.8 Å². The summed E-state index contributed by atoms with van der Waals surface area (Å²) in [5, 5.41) is 6.37. The van der Waals surface area contributed by atoms with Crippen molar-refractivity contribution in [2.75, 3.05) is 11.9 Å². The smallest absolute Gasteiger partial charge is 0.273 e. The topological polar surface area (TPSA) is 83.4 Å². The Labute approximate surface area is 193 Å². The summed E-state index contributed by atoms with van der Waals surface area (Å²) in [4.78, 5) is 41.1. The van der Waals surface area contributed by atoms with E-state index in [9.17, 15) is 18.8 Å². The Hall–Kier alpha value is -2.90. The van der Waals surface area contributed by atoms with Crippen LogP contribution in [0.3, 0.4) is 0 Å². The Kier molecular flexibility index (Phi) is 6.20. The Morgan fingerprint density at radius 1 is 1.24 bits per heavy atom. The number of benzene rings is 1. The van der Waals surface area contributed by atoms with Gasteiger partial charge in [0.1, 0.15) is 17.1 Å². The molecule has 1 saturated carbocycles. The molecule has 1 fully saturated rings. The van der Waals surface area contributed by atoms with E-state index < -0.39 is 11.4 Å². The molecule has 2 aromatic rings. The molecule has 178 valence electrons. The SMILES string of the molecule is CC(=O)Nc1c2n(c3ccc(F)cc13)C[C@@](C)(C(=O)NC1CCCC1)N(CCC(C)C)C2=O. The summed E-state index contributed by atoms with van der Waals surface area (Å²) < 4.78 is 15.9. The second-order valence-corrected chi connectivity index (χ2v) is 10.0. The monoisotopic (exact) mass is 456 g/mol. The Morgan fingerprint density at radius 2 is 1.94 bits per heavy atom. The van der Waals surface area contributed by atoms with Gasteiger partial charge >= 0.3 is 0 Å². The van der Waals surface area contributed by atoms with Crippen molar-refractivity contribution in [3.63, 3.8) is 0 Å².